The Hall–Kier alpha value is -1.75. The normalized spacial score (nSPS) is 11.3. The minimum atomic E-state index is -1.02. The van der Waals surface area contributed by atoms with Crippen molar-refractivity contribution in [2.75, 3.05) is 0 Å². The monoisotopic (exact) mass is 340 g/mol. The lowest BCUT2D eigenvalue weighted by Gasteiger charge is -2.05. The first kappa shape index (κ1) is 18.3. The molecule has 2 aromatic carbocycles. The van der Waals surface area contributed by atoms with E-state index in [1.165, 1.54) is 12.1 Å². The predicted molar refractivity (Wildman–Crippen MR) is 88.3 cm³/mol. The molecule has 1 atom stereocenters. The Morgan fingerprint density at radius 3 is 2.05 bits per heavy atom. The molecule has 0 spiro atoms. The third-order valence-corrected chi connectivity index (χ3v) is 3.48. The van der Waals surface area contributed by atoms with Crippen LogP contribution in [0.25, 0.3) is 0 Å². The number of hydrogen-bond donors (Lipinski definition) is 3. The molecule has 1 radical (unpaired) electrons. The highest BCUT2D eigenvalue weighted by molar-refractivity contribution is 6.36. The van der Waals surface area contributed by atoms with Crippen LogP contribution in [0.4, 0.5) is 0 Å². The van der Waals surface area contributed by atoms with Crippen LogP contribution in [-0.4, -0.2) is 22.2 Å². The summed E-state index contributed by atoms with van der Waals surface area (Å²) < 4.78 is 0. The van der Waals surface area contributed by atoms with Crippen LogP contribution in [0.1, 0.15) is 11.1 Å². The zero-order valence-electron chi connectivity index (χ0n) is 11.7. The number of phenols is 1. The van der Waals surface area contributed by atoms with Gasteiger partial charge >= 0.3 is 5.97 Å². The lowest BCUT2D eigenvalue weighted by atomic mass is 10.1. The molecule has 22 heavy (non-hydrogen) atoms. The van der Waals surface area contributed by atoms with Gasteiger partial charge in [0.15, 0.2) is 0 Å². The van der Waals surface area contributed by atoms with Crippen LogP contribution in [0, 0.1) is 6.92 Å². The van der Waals surface area contributed by atoms with Crippen molar-refractivity contribution in [1.29, 1.82) is 0 Å². The fourth-order valence-electron chi connectivity index (χ4n) is 1.51. The zero-order valence-corrected chi connectivity index (χ0v) is 13.2. The van der Waals surface area contributed by atoms with Gasteiger partial charge in [-0.2, -0.15) is 0 Å². The van der Waals surface area contributed by atoms with Crippen molar-refractivity contribution in [2.24, 2.45) is 5.73 Å². The fourth-order valence-corrected chi connectivity index (χ4v) is 1.90. The number of carboxylic acids is 1. The van der Waals surface area contributed by atoms with E-state index < -0.39 is 12.0 Å². The molecule has 117 valence electrons. The van der Waals surface area contributed by atoms with E-state index in [1.54, 1.807) is 30.3 Å². The molecule has 0 saturated heterocycles. The van der Waals surface area contributed by atoms with E-state index in [2.05, 4.69) is 6.92 Å². The molecule has 0 aliphatic rings. The molecular weight excluding hydrogens is 325 g/mol. The van der Waals surface area contributed by atoms with Gasteiger partial charge in [0, 0.05) is 10.0 Å². The van der Waals surface area contributed by atoms with E-state index in [0.29, 0.717) is 15.6 Å². The fraction of sp³-hybridized carbons (Fsp3) is 0.125. The molecule has 0 heterocycles. The lowest BCUT2D eigenvalue weighted by Crippen LogP contribution is -2.32. The number of phenolic OH excluding ortho intramolecular Hbond substituents is 1. The van der Waals surface area contributed by atoms with Crippen molar-refractivity contribution in [3.05, 3.63) is 70.6 Å². The maximum atomic E-state index is 10.4. The summed E-state index contributed by atoms with van der Waals surface area (Å²) in [6.07, 6.45) is 0.273. The number of rotatable bonds is 3. The van der Waals surface area contributed by atoms with Crippen molar-refractivity contribution >= 4 is 29.2 Å². The van der Waals surface area contributed by atoms with E-state index in [9.17, 15) is 4.79 Å². The molecule has 0 saturated carbocycles. The van der Waals surface area contributed by atoms with Gasteiger partial charge in [0.25, 0.3) is 0 Å². The maximum absolute atomic E-state index is 10.4. The summed E-state index contributed by atoms with van der Waals surface area (Å²) in [6.45, 7) is 3.66. The zero-order chi connectivity index (χ0) is 16.7. The van der Waals surface area contributed by atoms with Crippen molar-refractivity contribution < 1.29 is 15.0 Å². The van der Waals surface area contributed by atoms with Crippen LogP contribution < -0.4 is 5.73 Å². The Labute approximate surface area is 139 Å². The Balaban J connectivity index is 0.000000235. The average Bonchev–Trinajstić information content (AvgIpc) is 2.47. The molecule has 0 amide bonds. The summed E-state index contributed by atoms with van der Waals surface area (Å²) in [5, 5.41) is 18.7. The van der Waals surface area contributed by atoms with Crippen LogP contribution in [0.5, 0.6) is 5.75 Å². The largest absolute Gasteiger partial charge is 0.508 e. The van der Waals surface area contributed by atoms with Crippen LogP contribution >= 0.6 is 23.2 Å². The maximum Gasteiger partial charge on any atom is 0.320 e. The van der Waals surface area contributed by atoms with E-state index in [1.807, 2.05) is 0 Å². The molecule has 6 heteroatoms. The highest BCUT2D eigenvalue weighted by Gasteiger charge is 2.11. The van der Waals surface area contributed by atoms with Gasteiger partial charge < -0.3 is 15.9 Å². The number of carboxylic acid groups (broad SMARTS) is 1. The Morgan fingerprint density at radius 1 is 1.14 bits per heavy atom. The predicted octanol–water partition coefficient (Wildman–Crippen LogP) is 3.52. The number of benzene rings is 2. The Bertz CT molecular complexity index is 610. The van der Waals surface area contributed by atoms with Crippen LogP contribution in [0.15, 0.2) is 42.5 Å². The van der Waals surface area contributed by atoms with Crippen molar-refractivity contribution in [3.8, 4) is 5.75 Å². The first-order valence-corrected chi connectivity index (χ1v) is 7.09. The summed E-state index contributed by atoms with van der Waals surface area (Å²) in [7, 11) is 0. The summed E-state index contributed by atoms with van der Waals surface area (Å²) in [4.78, 5) is 10.4. The molecule has 2 rings (SSSR count). The lowest BCUT2D eigenvalue weighted by molar-refractivity contribution is -0.138. The number of aliphatic carboxylic acids is 1. The molecule has 4 nitrogen and oxygen atoms in total. The van der Waals surface area contributed by atoms with Gasteiger partial charge in [0.05, 0.1) is 0 Å². The quantitative estimate of drug-likeness (QED) is 0.798. The van der Waals surface area contributed by atoms with Gasteiger partial charge in [-0.25, -0.2) is 0 Å². The second kappa shape index (κ2) is 8.63. The second-order valence-corrected chi connectivity index (χ2v) is 5.33. The number of hydrogen-bond acceptors (Lipinski definition) is 3. The Kier molecular flexibility index (Phi) is 7.18. The molecule has 2 aromatic rings. The molecule has 0 bridgehead atoms. The molecule has 0 fully saturated rings. The molecule has 0 aromatic heterocycles. The van der Waals surface area contributed by atoms with Gasteiger partial charge in [0.1, 0.15) is 11.8 Å². The van der Waals surface area contributed by atoms with Gasteiger partial charge in [-0.1, -0.05) is 41.4 Å². The van der Waals surface area contributed by atoms with Crippen molar-refractivity contribution in [1.82, 2.24) is 0 Å². The van der Waals surface area contributed by atoms with Gasteiger partial charge in [-0.05, 0) is 48.7 Å². The molecule has 4 N–H and O–H groups in total. The smallest absolute Gasteiger partial charge is 0.320 e. The first-order chi connectivity index (χ1) is 10.3. The van der Waals surface area contributed by atoms with Crippen molar-refractivity contribution in [2.45, 2.75) is 12.5 Å². The molecular formula is C16H16Cl2NO3. The van der Waals surface area contributed by atoms with Crippen LogP contribution in [0.2, 0.25) is 10.0 Å². The van der Waals surface area contributed by atoms with E-state index >= 15 is 0 Å². The topological polar surface area (TPSA) is 83.5 Å². The van der Waals surface area contributed by atoms with Crippen LogP contribution in [0.3, 0.4) is 0 Å². The number of halogens is 2. The van der Waals surface area contributed by atoms with E-state index in [0.717, 1.165) is 5.56 Å². The molecule has 1 unspecified atom stereocenters. The summed E-state index contributed by atoms with van der Waals surface area (Å²) in [5.74, 6) is -0.860. The third-order valence-electron chi connectivity index (χ3n) is 2.77. The highest BCUT2D eigenvalue weighted by atomic mass is 35.5. The third kappa shape index (κ3) is 5.93. The highest BCUT2D eigenvalue weighted by Crippen LogP contribution is 2.22. The van der Waals surface area contributed by atoms with Gasteiger partial charge in [-0.15, -0.1) is 0 Å². The SMILES string of the molecule is NC(Cc1ccc(O)cc1)C(=O)O.[CH2]c1c(Cl)cccc1Cl. The van der Waals surface area contributed by atoms with Crippen LogP contribution in [-0.2, 0) is 11.2 Å². The summed E-state index contributed by atoms with van der Waals surface area (Å²) in [5.41, 5.74) is 6.82. The van der Waals surface area contributed by atoms with E-state index in [-0.39, 0.29) is 12.2 Å². The summed E-state index contributed by atoms with van der Waals surface area (Å²) >= 11 is 11.3. The number of aromatic hydroxyl groups is 1. The average molecular weight is 341 g/mol. The van der Waals surface area contributed by atoms with Gasteiger partial charge in [-0.3, -0.25) is 4.79 Å². The van der Waals surface area contributed by atoms with E-state index in [4.69, 9.17) is 39.1 Å². The molecule has 0 aliphatic heterocycles. The minimum absolute atomic E-state index is 0.160. The first-order valence-electron chi connectivity index (χ1n) is 6.33. The molecule has 0 aliphatic carbocycles. The standard InChI is InChI=1S/C9H11NO3.C7H5Cl2/c10-8(9(12)13)5-6-1-3-7(11)4-2-6;1-5-6(8)3-2-4-7(5)9/h1-4,8,11H,5,10H2,(H,12,13);2-4H,1H2. The number of carbonyl (C=O) groups is 1. The number of nitrogens with two attached hydrogens (primary N) is 1. The minimum Gasteiger partial charge on any atom is -0.508 e. The van der Waals surface area contributed by atoms with Gasteiger partial charge in [0.2, 0.25) is 0 Å². The Morgan fingerprint density at radius 2 is 1.64 bits per heavy atom. The summed E-state index contributed by atoms with van der Waals surface area (Å²) in [6, 6.07) is 10.7. The van der Waals surface area contributed by atoms with Crippen molar-refractivity contribution in [3.63, 3.8) is 0 Å². The second-order valence-electron chi connectivity index (χ2n) is 4.52.